The van der Waals surface area contributed by atoms with Crippen LogP contribution in [0.4, 0.5) is 13.6 Å². The van der Waals surface area contributed by atoms with E-state index in [4.69, 9.17) is 11.6 Å². The van der Waals surface area contributed by atoms with Gasteiger partial charge in [-0.15, -0.1) is 0 Å². The van der Waals surface area contributed by atoms with Gasteiger partial charge in [-0.2, -0.15) is 0 Å². The number of carbonyl (C=O) groups excluding carboxylic acids is 2. The molecule has 0 aliphatic carbocycles. The number of halogens is 3. The highest BCUT2D eigenvalue weighted by Crippen LogP contribution is 2.31. The molecule has 1 unspecified atom stereocenters. The molecule has 1 aliphatic heterocycles. The summed E-state index contributed by atoms with van der Waals surface area (Å²) in [5.74, 6) is -1.94. The van der Waals surface area contributed by atoms with Crippen LogP contribution in [0.25, 0.3) is 0 Å². The SMILES string of the molecule is Cn1c(Cl)cnc1CN1C(=O)NC(C)(c2ccc(F)cc2F)C1=O. The van der Waals surface area contributed by atoms with Gasteiger partial charge < -0.3 is 9.88 Å². The second-order valence-electron chi connectivity index (χ2n) is 5.63. The third-order valence-electron chi connectivity index (χ3n) is 4.07. The molecule has 0 bridgehead atoms. The fourth-order valence-corrected chi connectivity index (χ4v) is 2.78. The first-order valence-electron chi connectivity index (χ1n) is 7.00. The largest absolute Gasteiger partial charge is 0.325 e. The number of imide groups is 1. The van der Waals surface area contributed by atoms with E-state index in [9.17, 15) is 18.4 Å². The summed E-state index contributed by atoms with van der Waals surface area (Å²) in [6.45, 7) is 1.25. The van der Waals surface area contributed by atoms with Gasteiger partial charge in [0.1, 0.15) is 28.2 Å². The number of nitrogens with one attached hydrogen (secondary N) is 1. The third-order valence-corrected chi connectivity index (χ3v) is 4.42. The topological polar surface area (TPSA) is 67.2 Å². The fourth-order valence-electron chi connectivity index (χ4n) is 2.63. The van der Waals surface area contributed by atoms with Crippen LogP contribution in [0.1, 0.15) is 18.3 Å². The first kappa shape index (κ1) is 16.4. The fraction of sp³-hybridized carbons (Fsp3) is 0.267. The van der Waals surface area contributed by atoms with E-state index in [0.29, 0.717) is 17.0 Å². The summed E-state index contributed by atoms with van der Waals surface area (Å²) >= 11 is 5.89. The van der Waals surface area contributed by atoms with Crippen LogP contribution in [0.2, 0.25) is 5.15 Å². The van der Waals surface area contributed by atoms with Gasteiger partial charge in [0.25, 0.3) is 5.91 Å². The number of hydrogen-bond donors (Lipinski definition) is 1. The van der Waals surface area contributed by atoms with Crippen molar-refractivity contribution in [2.24, 2.45) is 7.05 Å². The Labute approximate surface area is 141 Å². The lowest BCUT2D eigenvalue weighted by atomic mass is 9.91. The predicted molar refractivity (Wildman–Crippen MR) is 81.0 cm³/mol. The first-order chi connectivity index (χ1) is 11.2. The lowest BCUT2D eigenvalue weighted by Gasteiger charge is -2.22. The summed E-state index contributed by atoms with van der Waals surface area (Å²) in [6, 6.07) is 2.15. The molecule has 1 aliphatic rings. The van der Waals surface area contributed by atoms with Gasteiger partial charge in [0.15, 0.2) is 0 Å². The van der Waals surface area contributed by atoms with Crippen molar-refractivity contribution in [2.45, 2.75) is 19.0 Å². The lowest BCUT2D eigenvalue weighted by Crippen LogP contribution is -2.41. The predicted octanol–water partition coefficient (Wildman–Crippen LogP) is 2.32. The molecule has 24 heavy (non-hydrogen) atoms. The summed E-state index contributed by atoms with van der Waals surface area (Å²) in [7, 11) is 1.64. The van der Waals surface area contributed by atoms with E-state index < -0.39 is 29.1 Å². The molecule has 2 heterocycles. The minimum Gasteiger partial charge on any atom is -0.321 e. The summed E-state index contributed by atoms with van der Waals surface area (Å²) < 4.78 is 28.7. The molecule has 126 valence electrons. The van der Waals surface area contributed by atoms with Gasteiger partial charge >= 0.3 is 6.03 Å². The molecule has 6 nitrogen and oxygen atoms in total. The van der Waals surface area contributed by atoms with E-state index in [0.717, 1.165) is 17.0 Å². The van der Waals surface area contributed by atoms with Crippen LogP contribution < -0.4 is 5.32 Å². The number of hydrogen-bond acceptors (Lipinski definition) is 3. The van der Waals surface area contributed by atoms with Gasteiger partial charge in [0.05, 0.1) is 12.7 Å². The monoisotopic (exact) mass is 354 g/mol. The minimum absolute atomic E-state index is 0.109. The summed E-state index contributed by atoms with van der Waals surface area (Å²) in [5.41, 5.74) is -1.73. The number of amides is 3. The van der Waals surface area contributed by atoms with Crippen LogP contribution in [-0.4, -0.2) is 26.4 Å². The number of carbonyl (C=O) groups is 2. The Morgan fingerprint density at radius 1 is 1.33 bits per heavy atom. The smallest absolute Gasteiger partial charge is 0.321 e. The van der Waals surface area contributed by atoms with Crippen LogP contribution >= 0.6 is 11.6 Å². The molecule has 2 aromatic rings. The molecule has 9 heteroatoms. The number of urea groups is 1. The Balaban J connectivity index is 1.94. The molecule has 0 spiro atoms. The van der Waals surface area contributed by atoms with Crippen LogP contribution in [0.15, 0.2) is 24.4 Å². The Kier molecular flexibility index (Phi) is 3.79. The van der Waals surface area contributed by atoms with E-state index in [2.05, 4.69) is 10.3 Å². The number of imidazole rings is 1. The molecule has 3 rings (SSSR count). The van der Waals surface area contributed by atoms with Gasteiger partial charge in [0, 0.05) is 18.7 Å². The summed E-state index contributed by atoms with van der Waals surface area (Å²) in [4.78, 5) is 29.9. The molecular weight excluding hydrogens is 342 g/mol. The van der Waals surface area contributed by atoms with Crippen LogP contribution in [0.5, 0.6) is 0 Å². The Morgan fingerprint density at radius 3 is 2.62 bits per heavy atom. The Bertz CT molecular complexity index is 854. The van der Waals surface area contributed by atoms with Crippen molar-refractivity contribution in [2.75, 3.05) is 0 Å². The van der Waals surface area contributed by atoms with Crippen molar-refractivity contribution in [1.82, 2.24) is 19.8 Å². The maximum absolute atomic E-state index is 14.1. The minimum atomic E-state index is -1.62. The van der Waals surface area contributed by atoms with Crippen molar-refractivity contribution in [3.63, 3.8) is 0 Å². The molecule has 1 N–H and O–H groups in total. The Morgan fingerprint density at radius 2 is 2.04 bits per heavy atom. The molecule has 1 aromatic heterocycles. The van der Waals surface area contributed by atoms with Gasteiger partial charge in [-0.3, -0.25) is 9.69 Å². The molecule has 1 atom stereocenters. The maximum Gasteiger partial charge on any atom is 0.325 e. The zero-order chi connectivity index (χ0) is 17.6. The lowest BCUT2D eigenvalue weighted by molar-refractivity contribution is -0.131. The van der Waals surface area contributed by atoms with E-state index in [1.54, 1.807) is 7.05 Å². The standard InChI is InChI=1S/C15H13ClF2N4O2/c1-15(9-4-3-8(17)5-10(9)18)13(23)22(14(24)20-15)7-12-19-6-11(16)21(12)2/h3-6H,7H2,1-2H3,(H,20,24). The number of aromatic nitrogens is 2. The highest BCUT2D eigenvalue weighted by atomic mass is 35.5. The van der Waals surface area contributed by atoms with Crippen LogP contribution in [0, 0.1) is 11.6 Å². The second-order valence-corrected chi connectivity index (χ2v) is 6.01. The van der Waals surface area contributed by atoms with Crippen molar-refractivity contribution in [3.05, 3.63) is 52.6 Å². The van der Waals surface area contributed by atoms with Crippen molar-refractivity contribution < 1.29 is 18.4 Å². The van der Waals surface area contributed by atoms with E-state index >= 15 is 0 Å². The molecule has 0 saturated carbocycles. The van der Waals surface area contributed by atoms with Crippen molar-refractivity contribution in [3.8, 4) is 0 Å². The molecule has 1 aromatic carbocycles. The van der Waals surface area contributed by atoms with Crippen LogP contribution in [0.3, 0.4) is 0 Å². The number of nitrogens with zero attached hydrogens (tertiary/aromatic N) is 3. The van der Waals surface area contributed by atoms with Crippen molar-refractivity contribution in [1.29, 1.82) is 0 Å². The summed E-state index contributed by atoms with van der Waals surface area (Å²) in [6.07, 6.45) is 1.40. The van der Waals surface area contributed by atoms with Crippen molar-refractivity contribution >= 4 is 23.5 Å². The highest BCUT2D eigenvalue weighted by molar-refractivity contribution is 6.29. The third kappa shape index (κ3) is 2.43. The van der Waals surface area contributed by atoms with Gasteiger partial charge in [-0.1, -0.05) is 17.7 Å². The second kappa shape index (κ2) is 5.55. The molecule has 1 fully saturated rings. The maximum atomic E-state index is 14.1. The van der Waals surface area contributed by atoms with Gasteiger partial charge in [-0.05, 0) is 13.0 Å². The zero-order valence-corrected chi connectivity index (χ0v) is 13.6. The van der Waals surface area contributed by atoms with Gasteiger partial charge in [-0.25, -0.2) is 18.6 Å². The zero-order valence-electron chi connectivity index (χ0n) is 12.8. The molecule has 1 saturated heterocycles. The van der Waals surface area contributed by atoms with E-state index in [-0.39, 0.29) is 12.1 Å². The average molecular weight is 355 g/mol. The quantitative estimate of drug-likeness (QED) is 0.860. The first-order valence-corrected chi connectivity index (χ1v) is 7.37. The van der Waals surface area contributed by atoms with Crippen LogP contribution in [-0.2, 0) is 23.9 Å². The highest BCUT2D eigenvalue weighted by Gasteiger charge is 2.50. The van der Waals surface area contributed by atoms with E-state index in [1.165, 1.54) is 17.7 Å². The number of rotatable bonds is 3. The van der Waals surface area contributed by atoms with Gasteiger partial charge in [0.2, 0.25) is 0 Å². The number of benzene rings is 1. The molecular formula is C15H13ClF2N4O2. The molecule has 3 amide bonds. The summed E-state index contributed by atoms with van der Waals surface area (Å²) in [5, 5.41) is 2.81. The van der Waals surface area contributed by atoms with E-state index in [1.807, 2.05) is 0 Å². The Hall–Kier alpha value is -2.48. The average Bonchev–Trinajstić information content (AvgIpc) is 2.93. The normalized spacial score (nSPS) is 20.6. The molecule has 0 radical (unpaired) electrons.